The highest BCUT2D eigenvalue weighted by atomic mass is 16.5. The number of carbonyl (C=O) groups excluding carboxylic acids is 1. The van der Waals surface area contributed by atoms with E-state index in [0.717, 1.165) is 11.1 Å². The van der Waals surface area contributed by atoms with Crippen molar-refractivity contribution in [1.29, 1.82) is 0 Å². The third kappa shape index (κ3) is 6.89. The van der Waals surface area contributed by atoms with Crippen LogP contribution >= 0.6 is 0 Å². The van der Waals surface area contributed by atoms with E-state index >= 15 is 0 Å². The molecule has 0 aliphatic rings. The number of amides is 1. The molecule has 0 radical (unpaired) electrons. The first-order valence-electron chi connectivity index (χ1n) is 10.6. The first-order valence-corrected chi connectivity index (χ1v) is 10.6. The van der Waals surface area contributed by atoms with Crippen LogP contribution in [-0.2, 0) is 9.53 Å². The maximum atomic E-state index is 12.7. The molecule has 6 nitrogen and oxygen atoms in total. The van der Waals surface area contributed by atoms with Crippen LogP contribution in [0.5, 0.6) is 17.2 Å². The quantitative estimate of drug-likeness (QED) is 0.520. The molecule has 0 heterocycles. The zero-order chi connectivity index (χ0) is 23.0. The molecule has 2 rings (SSSR count). The van der Waals surface area contributed by atoms with E-state index in [9.17, 15) is 4.79 Å². The summed E-state index contributed by atoms with van der Waals surface area (Å²) in [5.41, 5.74) is 3.35. The fourth-order valence-electron chi connectivity index (χ4n) is 3.35. The minimum Gasteiger partial charge on any atom is -0.493 e. The lowest BCUT2D eigenvalue weighted by molar-refractivity contribution is -0.127. The van der Waals surface area contributed by atoms with Crippen LogP contribution in [0.3, 0.4) is 0 Å². The van der Waals surface area contributed by atoms with Crippen LogP contribution in [0.1, 0.15) is 56.3 Å². The van der Waals surface area contributed by atoms with Crippen LogP contribution in [0.2, 0.25) is 0 Å². The van der Waals surface area contributed by atoms with Gasteiger partial charge in [-0.15, -0.1) is 0 Å². The fraction of sp³-hybridized carbons (Fsp3) is 0.480. The van der Waals surface area contributed by atoms with Crippen molar-refractivity contribution in [3.8, 4) is 17.2 Å². The lowest BCUT2D eigenvalue weighted by atomic mass is 9.98. The predicted octanol–water partition coefficient (Wildman–Crippen LogP) is 4.80. The van der Waals surface area contributed by atoms with E-state index in [1.807, 2.05) is 37.3 Å². The molecule has 6 heteroatoms. The molecular weight excluding hydrogens is 394 g/mol. The number of hydrogen-bond donors (Lipinski definition) is 1. The van der Waals surface area contributed by atoms with Gasteiger partial charge in [-0.1, -0.05) is 26.0 Å². The molecule has 0 aliphatic heterocycles. The molecule has 31 heavy (non-hydrogen) atoms. The number of methoxy groups -OCH3 is 2. The van der Waals surface area contributed by atoms with Crippen molar-refractivity contribution in [3.63, 3.8) is 0 Å². The Kier molecular flexibility index (Phi) is 9.19. The molecule has 0 saturated heterocycles. The summed E-state index contributed by atoms with van der Waals surface area (Å²) in [6, 6.07) is 11.4. The highest BCUT2D eigenvalue weighted by molar-refractivity contribution is 5.81. The van der Waals surface area contributed by atoms with Crippen LogP contribution in [0.4, 0.5) is 0 Å². The largest absolute Gasteiger partial charge is 0.493 e. The Bertz CT molecular complexity index is 865. The van der Waals surface area contributed by atoms with E-state index in [0.29, 0.717) is 36.4 Å². The van der Waals surface area contributed by atoms with Gasteiger partial charge in [-0.2, -0.15) is 0 Å². The summed E-state index contributed by atoms with van der Waals surface area (Å²) in [5.74, 6) is 2.21. The Morgan fingerprint density at radius 3 is 2.32 bits per heavy atom. The summed E-state index contributed by atoms with van der Waals surface area (Å²) in [6.45, 7) is 11.0. The van der Waals surface area contributed by atoms with Crippen LogP contribution in [0.15, 0.2) is 36.4 Å². The predicted molar refractivity (Wildman–Crippen MR) is 122 cm³/mol. The van der Waals surface area contributed by atoms with Gasteiger partial charge in [0.25, 0.3) is 5.91 Å². The van der Waals surface area contributed by atoms with Crippen LogP contribution in [0, 0.1) is 6.92 Å². The highest BCUT2D eigenvalue weighted by Crippen LogP contribution is 2.30. The zero-order valence-corrected chi connectivity index (χ0v) is 19.7. The SMILES string of the molecule is COCCOc1ccc(C(C)NC(=O)C(C)Oc2ccc(C(C)C)c(C)c2)cc1OC. The summed E-state index contributed by atoms with van der Waals surface area (Å²) in [6.07, 6.45) is -0.620. The number of hydrogen-bond acceptors (Lipinski definition) is 5. The van der Waals surface area contributed by atoms with Gasteiger partial charge in [0.1, 0.15) is 12.4 Å². The van der Waals surface area contributed by atoms with E-state index in [-0.39, 0.29) is 11.9 Å². The summed E-state index contributed by atoms with van der Waals surface area (Å²) in [4.78, 5) is 12.7. The average molecular weight is 430 g/mol. The monoisotopic (exact) mass is 429 g/mol. The second-order valence-electron chi connectivity index (χ2n) is 7.92. The number of rotatable bonds is 11. The number of nitrogens with one attached hydrogen (secondary N) is 1. The maximum absolute atomic E-state index is 12.7. The first-order chi connectivity index (χ1) is 14.8. The number of aryl methyl sites for hydroxylation is 1. The van der Waals surface area contributed by atoms with Crippen LogP contribution < -0.4 is 19.5 Å². The molecule has 170 valence electrons. The lowest BCUT2D eigenvalue weighted by Gasteiger charge is -2.21. The van der Waals surface area contributed by atoms with Crippen molar-refractivity contribution >= 4 is 5.91 Å². The fourth-order valence-corrected chi connectivity index (χ4v) is 3.35. The molecule has 0 aromatic heterocycles. The van der Waals surface area contributed by atoms with E-state index in [2.05, 4.69) is 32.2 Å². The molecule has 2 aromatic carbocycles. The van der Waals surface area contributed by atoms with E-state index in [4.69, 9.17) is 18.9 Å². The summed E-state index contributed by atoms with van der Waals surface area (Å²) >= 11 is 0. The molecule has 0 bridgehead atoms. The van der Waals surface area contributed by atoms with Gasteiger partial charge in [0, 0.05) is 7.11 Å². The zero-order valence-electron chi connectivity index (χ0n) is 19.7. The lowest BCUT2D eigenvalue weighted by Crippen LogP contribution is -2.37. The molecular formula is C25H35NO5. The Balaban J connectivity index is 2.00. The second-order valence-corrected chi connectivity index (χ2v) is 7.92. The minimum atomic E-state index is -0.620. The Morgan fingerprint density at radius 2 is 1.71 bits per heavy atom. The Labute approximate surface area is 185 Å². The summed E-state index contributed by atoms with van der Waals surface area (Å²) in [5, 5.41) is 3.00. The number of ether oxygens (including phenoxy) is 4. The van der Waals surface area contributed by atoms with Crippen molar-refractivity contribution in [2.24, 2.45) is 0 Å². The molecule has 1 N–H and O–H groups in total. The maximum Gasteiger partial charge on any atom is 0.261 e. The van der Waals surface area contributed by atoms with Crippen molar-refractivity contribution in [2.45, 2.75) is 52.7 Å². The van der Waals surface area contributed by atoms with Crippen molar-refractivity contribution in [2.75, 3.05) is 27.4 Å². The Morgan fingerprint density at radius 1 is 0.968 bits per heavy atom. The van der Waals surface area contributed by atoms with Gasteiger partial charge in [-0.25, -0.2) is 0 Å². The standard InChI is InChI=1S/C25H35NO5/c1-16(2)22-10-9-21(14-17(22)3)31-19(5)25(27)26-18(4)20-8-11-23(24(15-20)29-7)30-13-12-28-6/h8-11,14-16,18-19H,12-13H2,1-7H3,(H,26,27). The van der Waals surface area contributed by atoms with E-state index in [1.54, 1.807) is 21.1 Å². The molecule has 2 aromatic rings. The normalized spacial score (nSPS) is 12.9. The van der Waals surface area contributed by atoms with Gasteiger partial charge in [0.05, 0.1) is 19.8 Å². The topological polar surface area (TPSA) is 66.0 Å². The first kappa shape index (κ1) is 24.5. The third-order valence-corrected chi connectivity index (χ3v) is 5.14. The van der Waals surface area contributed by atoms with Gasteiger partial charge in [-0.05, 0) is 67.6 Å². The van der Waals surface area contributed by atoms with Gasteiger partial charge >= 0.3 is 0 Å². The average Bonchev–Trinajstić information content (AvgIpc) is 2.73. The number of benzene rings is 2. The summed E-state index contributed by atoms with van der Waals surface area (Å²) in [7, 11) is 3.22. The molecule has 0 fully saturated rings. The molecule has 2 unspecified atom stereocenters. The van der Waals surface area contributed by atoms with E-state index < -0.39 is 6.10 Å². The second kappa shape index (κ2) is 11.6. The van der Waals surface area contributed by atoms with Crippen LogP contribution in [-0.4, -0.2) is 39.4 Å². The van der Waals surface area contributed by atoms with Crippen molar-refractivity contribution < 1.29 is 23.7 Å². The Hall–Kier alpha value is -2.73. The smallest absolute Gasteiger partial charge is 0.261 e. The molecule has 0 spiro atoms. The van der Waals surface area contributed by atoms with Gasteiger partial charge in [0.15, 0.2) is 17.6 Å². The molecule has 0 saturated carbocycles. The van der Waals surface area contributed by atoms with Gasteiger partial charge in [-0.3, -0.25) is 4.79 Å². The van der Waals surface area contributed by atoms with Gasteiger partial charge in [0.2, 0.25) is 0 Å². The highest BCUT2D eigenvalue weighted by Gasteiger charge is 2.19. The van der Waals surface area contributed by atoms with E-state index in [1.165, 1.54) is 5.56 Å². The molecule has 2 atom stereocenters. The van der Waals surface area contributed by atoms with Crippen molar-refractivity contribution in [3.05, 3.63) is 53.1 Å². The molecule has 0 aliphatic carbocycles. The summed E-state index contributed by atoms with van der Waals surface area (Å²) < 4.78 is 22.0. The van der Waals surface area contributed by atoms with Gasteiger partial charge < -0.3 is 24.3 Å². The van der Waals surface area contributed by atoms with Crippen molar-refractivity contribution in [1.82, 2.24) is 5.32 Å². The van der Waals surface area contributed by atoms with Crippen LogP contribution in [0.25, 0.3) is 0 Å². The number of carbonyl (C=O) groups is 1. The minimum absolute atomic E-state index is 0.183. The third-order valence-electron chi connectivity index (χ3n) is 5.14. The molecule has 1 amide bonds.